The molecule has 1 aliphatic carbocycles. The molecule has 0 spiro atoms. The second-order valence-electron chi connectivity index (χ2n) is 4.90. The molecule has 0 aromatic heterocycles. The SMILES string of the molecule is Fc1cc(Br)ccc1CC(CCl)C1CCCC1. The zero-order valence-corrected chi connectivity index (χ0v) is 12.1. The van der Waals surface area contributed by atoms with Crippen molar-refractivity contribution in [3.63, 3.8) is 0 Å². The maximum atomic E-state index is 13.8. The molecule has 1 saturated carbocycles. The maximum absolute atomic E-state index is 13.8. The van der Waals surface area contributed by atoms with Crippen molar-refractivity contribution in [2.45, 2.75) is 32.1 Å². The fourth-order valence-electron chi connectivity index (χ4n) is 2.75. The summed E-state index contributed by atoms with van der Waals surface area (Å²) in [5.74, 6) is 1.64. The van der Waals surface area contributed by atoms with Crippen molar-refractivity contribution in [1.82, 2.24) is 0 Å². The van der Waals surface area contributed by atoms with Crippen LogP contribution in [0.4, 0.5) is 4.39 Å². The highest BCUT2D eigenvalue weighted by molar-refractivity contribution is 9.10. The smallest absolute Gasteiger partial charge is 0.127 e. The highest BCUT2D eigenvalue weighted by Crippen LogP contribution is 2.34. The number of rotatable bonds is 4. The standard InChI is InChI=1S/C14H17BrClF/c15-13-6-5-11(14(17)8-13)7-12(9-16)10-3-1-2-4-10/h5-6,8,10,12H,1-4,7,9H2. The fraction of sp³-hybridized carbons (Fsp3) is 0.571. The van der Waals surface area contributed by atoms with Crippen molar-refractivity contribution in [2.24, 2.45) is 11.8 Å². The van der Waals surface area contributed by atoms with Crippen molar-refractivity contribution >= 4 is 27.5 Å². The van der Waals surface area contributed by atoms with E-state index in [0.29, 0.717) is 17.7 Å². The van der Waals surface area contributed by atoms with Gasteiger partial charge in [-0.3, -0.25) is 0 Å². The van der Waals surface area contributed by atoms with Crippen LogP contribution in [0.25, 0.3) is 0 Å². The van der Waals surface area contributed by atoms with Gasteiger partial charge in [0.05, 0.1) is 0 Å². The Morgan fingerprint density at radius 1 is 1.35 bits per heavy atom. The lowest BCUT2D eigenvalue weighted by Gasteiger charge is -2.21. The third-order valence-corrected chi connectivity index (χ3v) is 4.65. The molecule has 2 rings (SSSR count). The van der Waals surface area contributed by atoms with Crippen LogP contribution in [0.15, 0.2) is 22.7 Å². The minimum absolute atomic E-state index is 0.118. The summed E-state index contributed by atoms with van der Waals surface area (Å²) in [6.07, 6.45) is 5.90. The fourth-order valence-corrected chi connectivity index (χ4v) is 3.44. The summed E-state index contributed by atoms with van der Waals surface area (Å²) in [6, 6.07) is 5.31. The lowest BCUT2D eigenvalue weighted by molar-refractivity contribution is 0.365. The van der Waals surface area contributed by atoms with E-state index in [9.17, 15) is 4.39 Å². The molecule has 3 heteroatoms. The van der Waals surface area contributed by atoms with Gasteiger partial charge in [-0.15, -0.1) is 11.6 Å². The molecule has 0 saturated heterocycles. The van der Waals surface area contributed by atoms with E-state index in [1.54, 1.807) is 0 Å². The second kappa shape index (κ2) is 6.19. The molecule has 1 aliphatic rings. The van der Waals surface area contributed by atoms with Gasteiger partial charge in [-0.05, 0) is 36.0 Å². The van der Waals surface area contributed by atoms with Gasteiger partial charge in [0, 0.05) is 10.4 Å². The summed E-state index contributed by atoms with van der Waals surface area (Å²) >= 11 is 9.33. The Kier molecular flexibility index (Phi) is 4.87. The van der Waals surface area contributed by atoms with Crippen LogP contribution >= 0.6 is 27.5 Å². The van der Waals surface area contributed by atoms with Gasteiger partial charge >= 0.3 is 0 Å². The first-order valence-corrected chi connectivity index (χ1v) is 7.53. The van der Waals surface area contributed by atoms with E-state index in [1.165, 1.54) is 31.7 Å². The highest BCUT2D eigenvalue weighted by atomic mass is 79.9. The van der Waals surface area contributed by atoms with Gasteiger partial charge in [0.15, 0.2) is 0 Å². The largest absolute Gasteiger partial charge is 0.207 e. The van der Waals surface area contributed by atoms with Crippen LogP contribution in [-0.2, 0) is 6.42 Å². The molecule has 0 radical (unpaired) electrons. The van der Waals surface area contributed by atoms with Crippen molar-refractivity contribution in [1.29, 1.82) is 0 Å². The Hall–Kier alpha value is -0.0800. The van der Waals surface area contributed by atoms with Gasteiger partial charge in [0.1, 0.15) is 5.82 Å². The van der Waals surface area contributed by atoms with E-state index in [4.69, 9.17) is 11.6 Å². The Labute approximate surface area is 116 Å². The second-order valence-corrected chi connectivity index (χ2v) is 6.12. The van der Waals surface area contributed by atoms with Crippen LogP contribution in [0.2, 0.25) is 0 Å². The van der Waals surface area contributed by atoms with Gasteiger partial charge in [-0.2, -0.15) is 0 Å². The van der Waals surface area contributed by atoms with Crippen molar-refractivity contribution in [3.8, 4) is 0 Å². The molecule has 0 nitrogen and oxygen atoms in total. The third kappa shape index (κ3) is 3.45. The highest BCUT2D eigenvalue weighted by Gasteiger charge is 2.25. The molecule has 0 aliphatic heterocycles. The monoisotopic (exact) mass is 318 g/mol. The first-order chi connectivity index (χ1) is 8.20. The molecular weight excluding hydrogens is 303 g/mol. The Morgan fingerprint density at radius 3 is 2.65 bits per heavy atom. The molecule has 0 amide bonds. The average Bonchev–Trinajstić information content (AvgIpc) is 2.81. The van der Waals surface area contributed by atoms with Gasteiger partial charge in [0.2, 0.25) is 0 Å². The predicted molar refractivity (Wildman–Crippen MR) is 74.0 cm³/mol. The van der Waals surface area contributed by atoms with Crippen LogP contribution in [0.5, 0.6) is 0 Å². The zero-order chi connectivity index (χ0) is 12.3. The van der Waals surface area contributed by atoms with Crippen LogP contribution in [0.3, 0.4) is 0 Å². The molecule has 94 valence electrons. The van der Waals surface area contributed by atoms with E-state index >= 15 is 0 Å². The third-order valence-electron chi connectivity index (χ3n) is 3.76. The lowest BCUT2D eigenvalue weighted by atomic mass is 9.87. The normalized spacial score (nSPS) is 18.5. The van der Waals surface area contributed by atoms with Gasteiger partial charge in [-0.1, -0.05) is 47.7 Å². The average molecular weight is 320 g/mol. The number of alkyl halides is 1. The topological polar surface area (TPSA) is 0 Å². The predicted octanol–water partition coefficient (Wildman–Crippen LogP) is 5.18. The first-order valence-electron chi connectivity index (χ1n) is 6.20. The molecule has 0 bridgehead atoms. The van der Waals surface area contributed by atoms with Gasteiger partial charge in [0.25, 0.3) is 0 Å². The summed E-state index contributed by atoms with van der Waals surface area (Å²) in [7, 11) is 0. The van der Waals surface area contributed by atoms with E-state index in [1.807, 2.05) is 12.1 Å². The van der Waals surface area contributed by atoms with Crippen molar-refractivity contribution in [2.75, 3.05) is 5.88 Å². The molecule has 1 aromatic carbocycles. The summed E-state index contributed by atoms with van der Waals surface area (Å²) < 4.78 is 14.6. The number of benzene rings is 1. The van der Waals surface area contributed by atoms with Crippen LogP contribution in [0.1, 0.15) is 31.2 Å². The van der Waals surface area contributed by atoms with Crippen molar-refractivity contribution in [3.05, 3.63) is 34.1 Å². The van der Waals surface area contributed by atoms with Crippen LogP contribution in [-0.4, -0.2) is 5.88 Å². The molecule has 1 fully saturated rings. The Morgan fingerprint density at radius 2 is 2.06 bits per heavy atom. The Bertz CT molecular complexity index is 374. The van der Waals surface area contributed by atoms with Crippen LogP contribution in [0, 0.1) is 17.7 Å². The molecule has 1 atom stereocenters. The minimum Gasteiger partial charge on any atom is -0.207 e. The van der Waals surface area contributed by atoms with Gasteiger partial charge in [-0.25, -0.2) is 4.39 Å². The number of hydrogen-bond acceptors (Lipinski definition) is 0. The minimum atomic E-state index is -0.118. The number of halogens is 3. The van der Waals surface area contributed by atoms with E-state index in [2.05, 4.69) is 15.9 Å². The van der Waals surface area contributed by atoms with E-state index < -0.39 is 0 Å². The summed E-state index contributed by atoms with van der Waals surface area (Å²) in [5, 5.41) is 0. The maximum Gasteiger partial charge on any atom is 0.127 e. The molecule has 17 heavy (non-hydrogen) atoms. The summed E-state index contributed by atoms with van der Waals surface area (Å²) in [5.41, 5.74) is 0.797. The summed E-state index contributed by atoms with van der Waals surface area (Å²) in [6.45, 7) is 0. The quantitative estimate of drug-likeness (QED) is 0.671. The molecule has 0 heterocycles. The van der Waals surface area contributed by atoms with E-state index in [-0.39, 0.29) is 5.82 Å². The Balaban J connectivity index is 2.06. The molecule has 1 aromatic rings. The zero-order valence-electron chi connectivity index (χ0n) is 9.76. The molecular formula is C14H17BrClF. The van der Waals surface area contributed by atoms with E-state index in [0.717, 1.165) is 16.5 Å². The van der Waals surface area contributed by atoms with Crippen LogP contribution < -0.4 is 0 Å². The molecule has 1 unspecified atom stereocenters. The van der Waals surface area contributed by atoms with Crippen molar-refractivity contribution < 1.29 is 4.39 Å². The lowest BCUT2D eigenvalue weighted by Crippen LogP contribution is -2.17. The van der Waals surface area contributed by atoms with Gasteiger partial charge < -0.3 is 0 Å². The number of hydrogen-bond donors (Lipinski definition) is 0. The molecule has 0 N–H and O–H groups in total. The first kappa shape index (κ1) is 13.4. The summed E-state index contributed by atoms with van der Waals surface area (Å²) in [4.78, 5) is 0.